The van der Waals surface area contributed by atoms with Crippen molar-refractivity contribution >= 4 is 0 Å². The Hall–Kier alpha value is -0.560. The van der Waals surface area contributed by atoms with E-state index >= 15 is 0 Å². The minimum absolute atomic E-state index is 0.141. The lowest BCUT2D eigenvalue weighted by molar-refractivity contribution is -0.196. The van der Waals surface area contributed by atoms with Gasteiger partial charge in [0, 0.05) is 5.41 Å². The van der Waals surface area contributed by atoms with E-state index in [-0.39, 0.29) is 11.5 Å². The number of hydrogen-bond donors (Lipinski definition) is 1. The number of rotatable bonds is 1. The highest BCUT2D eigenvalue weighted by Crippen LogP contribution is 2.75. The molecule has 5 rings (SSSR count). The molecule has 1 heteroatoms. The van der Waals surface area contributed by atoms with E-state index in [1.165, 1.54) is 51.4 Å². The maximum atomic E-state index is 11.0. The zero-order valence-corrected chi connectivity index (χ0v) is 22.1. The molecule has 180 valence electrons. The second kappa shape index (κ2) is 6.99. The first-order chi connectivity index (χ1) is 14.9. The third kappa shape index (κ3) is 2.61. The van der Waals surface area contributed by atoms with E-state index in [9.17, 15) is 5.11 Å². The first-order valence-corrected chi connectivity index (χ1v) is 13.9. The fraction of sp³-hybridized carbons (Fsp3) is 0.871. The van der Waals surface area contributed by atoms with Crippen LogP contribution in [0.3, 0.4) is 0 Å². The largest absolute Gasteiger partial charge is 0.392 e. The predicted octanol–water partition coefficient (Wildman–Crippen LogP) is 8.19. The molecule has 11 atom stereocenters. The van der Waals surface area contributed by atoms with Crippen LogP contribution in [0.5, 0.6) is 0 Å². The van der Waals surface area contributed by atoms with Gasteiger partial charge >= 0.3 is 0 Å². The van der Waals surface area contributed by atoms with Gasteiger partial charge in [-0.3, -0.25) is 0 Å². The molecule has 0 amide bonds. The lowest BCUT2D eigenvalue weighted by atomic mass is 9.33. The van der Waals surface area contributed by atoms with Crippen LogP contribution in [-0.2, 0) is 0 Å². The smallest absolute Gasteiger partial charge is 0.0631 e. The minimum Gasteiger partial charge on any atom is -0.392 e. The number of aliphatic hydroxyl groups excluding tert-OH is 1. The van der Waals surface area contributed by atoms with Crippen molar-refractivity contribution in [2.24, 2.45) is 56.7 Å². The third-order valence-electron chi connectivity index (χ3n) is 13.5. The van der Waals surface area contributed by atoms with Crippen molar-refractivity contribution < 1.29 is 5.11 Å². The zero-order chi connectivity index (χ0) is 23.3. The molecule has 4 saturated carbocycles. The first-order valence-electron chi connectivity index (χ1n) is 13.9. The van der Waals surface area contributed by atoms with E-state index in [1.54, 1.807) is 0 Å². The Bertz CT molecular complexity index is 826. The van der Waals surface area contributed by atoms with E-state index in [4.69, 9.17) is 0 Å². The average Bonchev–Trinajstić information content (AvgIpc) is 2.75. The lowest BCUT2D eigenvalue weighted by Crippen LogP contribution is -2.64. The summed E-state index contributed by atoms with van der Waals surface area (Å²) in [6.07, 6.45) is 16.2. The second-order valence-electron chi connectivity index (χ2n) is 14.4. The molecule has 0 aromatic rings. The summed E-state index contributed by atoms with van der Waals surface area (Å²) < 4.78 is 0. The number of hydrogen-bond acceptors (Lipinski definition) is 1. The van der Waals surface area contributed by atoms with Crippen LogP contribution < -0.4 is 0 Å². The van der Waals surface area contributed by atoms with E-state index in [2.05, 4.69) is 67.2 Å². The Morgan fingerprint density at radius 3 is 2.31 bits per heavy atom. The van der Waals surface area contributed by atoms with Gasteiger partial charge in [-0.25, -0.2) is 0 Å². The van der Waals surface area contributed by atoms with Crippen molar-refractivity contribution in [2.75, 3.05) is 0 Å². The molecule has 5 aliphatic carbocycles. The van der Waals surface area contributed by atoms with Crippen molar-refractivity contribution in [2.45, 2.75) is 112 Å². The molecule has 0 aromatic heterocycles. The highest BCUT2D eigenvalue weighted by atomic mass is 16.3. The van der Waals surface area contributed by atoms with Gasteiger partial charge in [-0.2, -0.15) is 0 Å². The van der Waals surface area contributed by atoms with Crippen LogP contribution in [0.1, 0.15) is 106 Å². The Morgan fingerprint density at radius 2 is 1.62 bits per heavy atom. The van der Waals surface area contributed by atoms with Gasteiger partial charge in [-0.15, -0.1) is 6.58 Å². The summed E-state index contributed by atoms with van der Waals surface area (Å²) in [5.74, 6) is 3.70. The monoisotopic (exact) mass is 438 g/mol. The Balaban J connectivity index is 1.59. The summed E-state index contributed by atoms with van der Waals surface area (Å²) in [5.41, 5.74) is 3.24. The fourth-order valence-corrected chi connectivity index (χ4v) is 10.9. The zero-order valence-electron chi connectivity index (χ0n) is 22.1. The summed E-state index contributed by atoms with van der Waals surface area (Å²) in [7, 11) is 0. The lowest BCUT2D eigenvalue weighted by Gasteiger charge is -2.71. The number of allylic oxidation sites excluding steroid dienone is 2. The first kappa shape index (κ1) is 23.2. The molecule has 0 spiro atoms. The molecule has 0 radical (unpaired) electrons. The summed E-state index contributed by atoms with van der Waals surface area (Å²) in [6.45, 7) is 22.2. The SMILES string of the molecule is C=C[C@]1(C)[C@@H](O)CC[C@]2(C)[C@H]3CC=C4[C@H]5[C@@H](C)[C@H](C)CC[C@]5(C)CC[C@@]4(C)[C@]3(C)CC[C@@H]12. The normalized spacial score (nSPS) is 59.7. The molecule has 0 aliphatic heterocycles. The molecule has 32 heavy (non-hydrogen) atoms. The molecule has 5 aliphatic rings. The molecule has 0 saturated heterocycles. The van der Waals surface area contributed by atoms with Crippen LogP contribution in [0.2, 0.25) is 0 Å². The Kier molecular flexibility index (Phi) is 5.07. The van der Waals surface area contributed by atoms with E-state index in [0.717, 1.165) is 30.1 Å². The molecule has 0 heterocycles. The highest BCUT2D eigenvalue weighted by Gasteiger charge is 2.68. The maximum Gasteiger partial charge on any atom is 0.0631 e. The molecular weight excluding hydrogens is 388 g/mol. The molecule has 0 bridgehead atoms. The second-order valence-corrected chi connectivity index (χ2v) is 14.4. The predicted molar refractivity (Wildman–Crippen MR) is 135 cm³/mol. The molecule has 4 fully saturated rings. The molecule has 0 aromatic carbocycles. The Labute approximate surface area is 198 Å². The van der Waals surface area contributed by atoms with Crippen LogP contribution in [-0.4, -0.2) is 11.2 Å². The molecular formula is C31H50O. The van der Waals surface area contributed by atoms with Crippen molar-refractivity contribution in [1.29, 1.82) is 0 Å². The van der Waals surface area contributed by atoms with Crippen LogP contribution in [0.4, 0.5) is 0 Å². The highest BCUT2D eigenvalue weighted by molar-refractivity contribution is 5.34. The number of aliphatic hydroxyl groups is 1. The van der Waals surface area contributed by atoms with E-state index in [0.29, 0.717) is 27.6 Å². The number of fused-ring (bicyclic) bond motifs is 7. The van der Waals surface area contributed by atoms with Gasteiger partial charge in [0.2, 0.25) is 0 Å². The van der Waals surface area contributed by atoms with Crippen molar-refractivity contribution in [3.63, 3.8) is 0 Å². The fourth-order valence-electron chi connectivity index (χ4n) is 10.9. The summed E-state index contributed by atoms with van der Waals surface area (Å²) in [6, 6.07) is 0. The van der Waals surface area contributed by atoms with Gasteiger partial charge in [-0.1, -0.05) is 66.2 Å². The summed E-state index contributed by atoms with van der Waals surface area (Å²) in [4.78, 5) is 0. The van der Waals surface area contributed by atoms with E-state index in [1.807, 2.05) is 5.57 Å². The van der Waals surface area contributed by atoms with Gasteiger partial charge < -0.3 is 5.11 Å². The van der Waals surface area contributed by atoms with Gasteiger partial charge in [-0.05, 0) is 109 Å². The molecule has 1 N–H and O–H groups in total. The summed E-state index contributed by atoms with van der Waals surface area (Å²) >= 11 is 0. The maximum absolute atomic E-state index is 11.0. The Morgan fingerprint density at radius 1 is 0.906 bits per heavy atom. The molecule has 0 unspecified atom stereocenters. The minimum atomic E-state index is -0.229. The van der Waals surface area contributed by atoms with Gasteiger partial charge in [0.25, 0.3) is 0 Å². The third-order valence-corrected chi connectivity index (χ3v) is 13.5. The van der Waals surface area contributed by atoms with Crippen molar-refractivity contribution in [3.8, 4) is 0 Å². The van der Waals surface area contributed by atoms with Crippen LogP contribution >= 0.6 is 0 Å². The quantitative estimate of drug-likeness (QED) is 0.409. The topological polar surface area (TPSA) is 20.2 Å². The van der Waals surface area contributed by atoms with Crippen LogP contribution in [0.25, 0.3) is 0 Å². The van der Waals surface area contributed by atoms with E-state index < -0.39 is 0 Å². The molecule has 1 nitrogen and oxygen atoms in total. The summed E-state index contributed by atoms with van der Waals surface area (Å²) in [5, 5.41) is 11.0. The van der Waals surface area contributed by atoms with Crippen LogP contribution in [0, 0.1) is 56.7 Å². The average molecular weight is 439 g/mol. The standard InChI is InChI=1S/C31H50O/c1-9-28(5)23-13-17-31(8)24(29(23,6)16-14-25(28)32)11-10-22-26-21(3)20(2)12-15-27(26,4)18-19-30(22,31)7/h9-10,20-21,23-26,32H,1,11-19H2,2-8H3/t20-,21+,23+,24-,25+,26-,27-,28+,29+,30-,31-/m1/s1. The van der Waals surface area contributed by atoms with Gasteiger partial charge in [0.05, 0.1) is 6.10 Å². The van der Waals surface area contributed by atoms with Crippen LogP contribution in [0.15, 0.2) is 24.3 Å². The van der Waals surface area contributed by atoms with Gasteiger partial charge in [0.1, 0.15) is 0 Å². The van der Waals surface area contributed by atoms with Gasteiger partial charge in [0.15, 0.2) is 0 Å². The van der Waals surface area contributed by atoms with Crippen molar-refractivity contribution in [3.05, 3.63) is 24.3 Å². The van der Waals surface area contributed by atoms with Crippen molar-refractivity contribution in [1.82, 2.24) is 0 Å².